The quantitative estimate of drug-likeness (QED) is 0.833. The summed E-state index contributed by atoms with van der Waals surface area (Å²) in [5.74, 6) is -2.38. The first-order valence-electron chi connectivity index (χ1n) is 7.78. The first kappa shape index (κ1) is 18.6. The van der Waals surface area contributed by atoms with E-state index in [1.165, 1.54) is 0 Å². The Bertz CT molecular complexity index is 786. The number of benzene rings is 2. The molecule has 0 heterocycles. The van der Waals surface area contributed by atoms with Crippen LogP contribution in [0.5, 0.6) is 0 Å². The standard InChI is InChI=1S/C19H19F2NO3/c1-19(2,18(24)25)13-4-7-15(8-5-13)22-17(23)10-3-12-11-14(20)6-9-16(12)21/h4-9,11H,3,10H2,1-2H3,(H,22,23)(H,24,25). The minimum absolute atomic E-state index is 0.00272. The number of halogens is 2. The van der Waals surface area contributed by atoms with Gasteiger partial charge in [-0.1, -0.05) is 12.1 Å². The summed E-state index contributed by atoms with van der Waals surface area (Å²) in [4.78, 5) is 23.2. The lowest BCUT2D eigenvalue weighted by atomic mass is 9.85. The molecule has 25 heavy (non-hydrogen) atoms. The van der Waals surface area contributed by atoms with E-state index >= 15 is 0 Å². The molecule has 4 nitrogen and oxygen atoms in total. The Morgan fingerprint density at radius 1 is 1.08 bits per heavy atom. The highest BCUT2D eigenvalue weighted by atomic mass is 19.1. The van der Waals surface area contributed by atoms with Gasteiger partial charge in [-0.25, -0.2) is 8.78 Å². The number of carbonyl (C=O) groups is 2. The molecule has 132 valence electrons. The maximum atomic E-state index is 13.5. The van der Waals surface area contributed by atoms with E-state index in [4.69, 9.17) is 0 Å². The summed E-state index contributed by atoms with van der Waals surface area (Å²) in [5, 5.41) is 11.9. The number of carbonyl (C=O) groups excluding carboxylic acids is 1. The highest BCUT2D eigenvalue weighted by Gasteiger charge is 2.29. The van der Waals surface area contributed by atoms with Gasteiger partial charge in [0.05, 0.1) is 5.41 Å². The van der Waals surface area contributed by atoms with Crippen molar-refractivity contribution < 1.29 is 23.5 Å². The number of carboxylic acid groups (broad SMARTS) is 1. The van der Waals surface area contributed by atoms with Crippen molar-refractivity contribution in [3.05, 3.63) is 65.2 Å². The molecule has 0 radical (unpaired) electrons. The number of hydrogen-bond acceptors (Lipinski definition) is 2. The minimum Gasteiger partial charge on any atom is -0.481 e. The van der Waals surface area contributed by atoms with Crippen molar-refractivity contribution in [1.82, 2.24) is 0 Å². The summed E-state index contributed by atoms with van der Waals surface area (Å²) in [6.07, 6.45) is 0.0856. The summed E-state index contributed by atoms with van der Waals surface area (Å²) in [7, 11) is 0. The average molecular weight is 347 g/mol. The second-order valence-electron chi connectivity index (χ2n) is 6.29. The Labute approximate surface area is 144 Å². The van der Waals surface area contributed by atoms with E-state index in [1.807, 2.05) is 0 Å². The van der Waals surface area contributed by atoms with Crippen LogP contribution in [0.2, 0.25) is 0 Å². The van der Waals surface area contributed by atoms with E-state index < -0.39 is 23.0 Å². The molecule has 0 bridgehead atoms. The molecular formula is C19H19F2NO3. The zero-order valence-electron chi connectivity index (χ0n) is 14.0. The van der Waals surface area contributed by atoms with E-state index in [-0.39, 0.29) is 24.3 Å². The van der Waals surface area contributed by atoms with Crippen molar-refractivity contribution in [3.8, 4) is 0 Å². The van der Waals surface area contributed by atoms with E-state index in [0.29, 0.717) is 11.3 Å². The number of rotatable bonds is 6. The summed E-state index contributed by atoms with van der Waals surface area (Å²) < 4.78 is 26.6. The van der Waals surface area contributed by atoms with Gasteiger partial charge in [0.25, 0.3) is 0 Å². The van der Waals surface area contributed by atoms with E-state index in [1.54, 1.807) is 38.1 Å². The van der Waals surface area contributed by atoms with Gasteiger partial charge < -0.3 is 10.4 Å². The maximum absolute atomic E-state index is 13.5. The predicted molar refractivity (Wildman–Crippen MR) is 90.4 cm³/mol. The summed E-state index contributed by atoms with van der Waals surface area (Å²) >= 11 is 0. The van der Waals surface area contributed by atoms with Gasteiger partial charge in [0.15, 0.2) is 0 Å². The van der Waals surface area contributed by atoms with Crippen LogP contribution in [0.25, 0.3) is 0 Å². The largest absolute Gasteiger partial charge is 0.481 e. The van der Waals surface area contributed by atoms with Crippen LogP contribution in [0.4, 0.5) is 14.5 Å². The van der Waals surface area contributed by atoms with Crippen molar-refractivity contribution >= 4 is 17.6 Å². The third-order valence-electron chi connectivity index (χ3n) is 4.05. The van der Waals surface area contributed by atoms with Gasteiger partial charge in [-0.15, -0.1) is 0 Å². The van der Waals surface area contributed by atoms with Crippen LogP contribution in [0, 0.1) is 11.6 Å². The number of carboxylic acids is 1. The molecule has 0 unspecified atom stereocenters. The molecule has 0 aliphatic carbocycles. The Hall–Kier alpha value is -2.76. The lowest BCUT2D eigenvalue weighted by Crippen LogP contribution is -2.28. The van der Waals surface area contributed by atoms with Gasteiger partial charge in [-0.3, -0.25) is 9.59 Å². The number of aryl methyl sites for hydroxylation is 1. The SMILES string of the molecule is CC(C)(C(=O)O)c1ccc(NC(=O)CCc2cc(F)ccc2F)cc1. The van der Waals surface area contributed by atoms with E-state index in [0.717, 1.165) is 18.2 Å². The third-order valence-corrected chi connectivity index (χ3v) is 4.05. The molecule has 2 N–H and O–H groups in total. The normalized spacial score (nSPS) is 11.2. The minimum atomic E-state index is -1.03. The molecule has 0 fully saturated rings. The second-order valence-corrected chi connectivity index (χ2v) is 6.29. The maximum Gasteiger partial charge on any atom is 0.313 e. The molecular weight excluding hydrogens is 328 g/mol. The van der Waals surface area contributed by atoms with Gasteiger partial charge in [0, 0.05) is 12.1 Å². The van der Waals surface area contributed by atoms with Crippen LogP contribution in [-0.4, -0.2) is 17.0 Å². The van der Waals surface area contributed by atoms with Crippen molar-refractivity contribution in [2.24, 2.45) is 0 Å². The Kier molecular flexibility index (Phi) is 5.51. The molecule has 0 atom stereocenters. The number of nitrogens with one attached hydrogen (secondary N) is 1. The van der Waals surface area contributed by atoms with Crippen LogP contribution in [0.15, 0.2) is 42.5 Å². The number of amides is 1. The molecule has 2 aromatic carbocycles. The molecule has 2 rings (SSSR count). The van der Waals surface area contributed by atoms with Gasteiger partial charge in [-0.2, -0.15) is 0 Å². The van der Waals surface area contributed by atoms with Crippen LogP contribution in [0.1, 0.15) is 31.4 Å². The Morgan fingerprint density at radius 3 is 2.32 bits per heavy atom. The molecule has 0 spiro atoms. The predicted octanol–water partition coefficient (Wildman–Crippen LogP) is 3.90. The highest BCUT2D eigenvalue weighted by Crippen LogP contribution is 2.25. The van der Waals surface area contributed by atoms with Gasteiger partial charge >= 0.3 is 5.97 Å². The Balaban J connectivity index is 1.97. The number of aliphatic carboxylic acids is 1. The zero-order chi connectivity index (χ0) is 18.6. The lowest BCUT2D eigenvalue weighted by Gasteiger charge is -2.19. The third kappa shape index (κ3) is 4.62. The summed E-state index contributed by atoms with van der Waals surface area (Å²) in [6, 6.07) is 9.63. The summed E-state index contributed by atoms with van der Waals surface area (Å²) in [5.41, 5.74) is 0.237. The van der Waals surface area contributed by atoms with Crippen molar-refractivity contribution in [3.63, 3.8) is 0 Å². The van der Waals surface area contributed by atoms with Crippen LogP contribution in [0.3, 0.4) is 0 Å². The summed E-state index contributed by atoms with van der Waals surface area (Å²) in [6.45, 7) is 3.19. The smallest absolute Gasteiger partial charge is 0.313 e. The van der Waals surface area contributed by atoms with E-state index in [9.17, 15) is 23.5 Å². The van der Waals surface area contributed by atoms with Crippen molar-refractivity contribution in [1.29, 1.82) is 0 Å². The molecule has 2 aromatic rings. The molecule has 0 saturated carbocycles. The van der Waals surface area contributed by atoms with Gasteiger partial charge in [0.1, 0.15) is 11.6 Å². The molecule has 0 aromatic heterocycles. The Morgan fingerprint density at radius 2 is 1.72 bits per heavy atom. The average Bonchev–Trinajstić information content (AvgIpc) is 2.56. The fourth-order valence-electron chi connectivity index (χ4n) is 2.30. The monoisotopic (exact) mass is 347 g/mol. The fraction of sp³-hybridized carbons (Fsp3) is 0.263. The topological polar surface area (TPSA) is 66.4 Å². The van der Waals surface area contributed by atoms with Crippen molar-refractivity contribution in [2.75, 3.05) is 5.32 Å². The molecule has 1 amide bonds. The fourth-order valence-corrected chi connectivity index (χ4v) is 2.30. The van der Waals surface area contributed by atoms with Crippen LogP contribution < -0.4 is 5.32 Å². The molecule has 6 heteroatoms. The van der Waals surface area contributed by atoms with E-state index in [2.05, 4.69) is 5.32 Å². The molecule has 0 aliphatic rings. The van der Waals surface area contributed by atoms with Crippen molar-refractivity contribution in [2.45, 2.75) is 32.1 Å². The van der Waals surface area contributed by atoms with Gasteiger partial charge in [-0.05, 0) is 61.7 Å². The van der Waals surface area contributed by atoms with Crippen LogP contribution >= 0.6 is 0 Å². The number of hydrogen-bond donors (Lipinski definition) is 2. The molecule has 0 saturated heterocycles. The second kappa shape index (κ2) is 7.42. The number of anilines is 1. The first-order chi connectivity index (χ1) is 11.7. The van der Waals surface area contributed by atoms with Crippen LogP contribution in [-0.2, 0) is 21.4 Å². The zero-order valence-corrected chi connectivity index (χ0v) is 14.0. The van der Waals surface area contributed by atoms with Gasteiger partial charge in [0.2, 0.25) is 5.91 Å². The lowest BCUT2D eigenvalue weighted by molar-refractivity contribution is -0.142. The first-order valence-corrected chi connectivity index (χ1v) is 7.78. The molecule has 0 aliphatic heterocycles. The highest BCUT2D eigenvalue weighted by molar-refractivity contribution is 5.91.